The second kappa shape index (κ2) is 17.8. The molecule has 0 aromatic carbocycles. The van der Waals surface area contributed by atoms with E-state index in [2.05, 4.69) is 21.3 Å². The number of hydrogen-bond acceptors (Lipinski definition) is 9. The van der Waals surface area contributed by atoms with Gasteiger partial charge in [0, 0.05) is 12.8 Å². The summed E-state index contributed by atoms with van der Waals surface area (Å²) >= 11 is 0. The molecule has 0 unspecified atom stereocenters. The maximum atomic E-state index is 13.1. The standard InChI is InChI=1S/C25H43N5O11/c1-6-12(4)19(25(40)41)29-22(37)15(8-10-17(34)35)27-21(36)14(7-9-16(32)33)28-24(39)20(13(5)31)30-23(38)18(26)11(2)3/h11-15,18-20,31H,6-10,26H2,1-5H3,(H,27,36)(H,28,39)(H,29,37)(H,30,38)(H,32,33)(H,34,35)(H,40,41)/t12-,13+,14-,15-,18-,19-,20-/m0/s1. The second-order valence-electron chi connectivity index (χ2n) is 10.2. The Morgan fingerprint density at radius 3 is 1.44 bits per heavy atom. The summed E-state index contributed by atoms with van der Waals surface area (Å²) in [4.78, 5) is 85.4. The van der Waals surface area contributed by atoms with E-state index in [0.29, 0.717) is 6.42 Å². The fraction of sp³-hybridized carbons (Fsp3) is 0.720. The van der Waals surface area contributed by atoms with Crippen LogP contribution in [0.25, 0.3) is 0 Å². The van der Waals surface area contributed by atoms with Gasteiger partial charge in [-0.1, -0.05) is 34.1 Å². The normalized spacial score (nSPS) is 16.2. The van der Waals surface area contributed by atoms with Crippen LogP contribution in [0.1, 0.15) is 66.7 Å². The van der Waals surface area contributed by atoms with E-state index in [0.717, 1.165) is 0 Å². The van der Waals surface area contributed by atoms with E-state index < -0.39 is 109 Å². The molecule has 0 spiro atoms. The van der Waals surface area contributed by atoms with Crippen molar-refractivity contribution in [3.8, 4) is 0 Å². The Balaban J connectivity index is 5.99. The minimum Gasteiger partial charge on any atom is -0.481 e. The van der Waals surface area contributed by atoms with Crippen LogP contribution in [0, 0.1) is 11.8 Å². The molecule has 0 aliphatic rings. The molecule has 0 aliphatic carbocycles. The van der Waals surface area contributed by atoms with Gasteiger partial charge in [0.15, 0.2) is 0 Å². The van der Waals surface area contributed by atoms with Gasteiger partial charge in [0.1, 0.15) is 24.2 Å². The van der Waals surface area contributed by atoms with Crippen molar-refractivity contribution >= 4 is 41.5 Å². The lowest BCUT2D eigenvalue weighted by atomic mass is 9.98. The van der Waals surface area contributed by atoms with Crippen LogP contribution in [0.2, 0.25) is 0 Å². The highest BCUT2D eigenvalue weighted by Crippen LogP contribution is 2.10. The Hall–Kier alpha value is -3.79. The average Bonchev–Trinajstić information content (AvgIpc) is 2.88. The molecule has 0 aromatic heterocycles. The molecule has 7 atom stereocenters. The number of carboxylic acids is 3. The minimum absolute atomic E-state index is 0.309. The van der Waals surface area contributed by atoms with Crippen molar-refractivity contribution in [2.45, 2.75) is 103 Å². The van der Waals surface area contributed by atoms with Crippen LogP contribution < -0.4 is 27.0 Å². The van der Waals surface area contributed by atoms with Crippen molar-refractivity contribution in [2.75, 3.05) is 0 Å². The Labute approximate surface area is 237 Å². The Kier molecular flexibility index (Phi) is 16.2. The quantitative estimate of drug-likeness (QED) is 0.0803. The lowest BCUT2D eigenvalue weighted by molar-refractivity contribution is -0.144. The molecule has 10 N–H and O–H groups in total. The summed E-state index contributed by atoms with van der Waals surface area (Å²) in [6, 6.07) is -7.09. The number of amides is 4. The first-order valence-electron chi connectivity index (χ1n) is 13.2. The Morgan fingerprint density at radius 1 is 0.659 bits per heavy atom. The molecule has 0 fully saturated rings. The zero-order valence-electron chi connectivity index (χ0n) is 23.9. The number of aliphatic hydroxyl groups is 1. The number of carbonyl (C=O) groups excluding carboxylic acids is 4. The highest BCUT2D eigenvalue weighted by Gasteiger charge is 2.34. The van der Waals surface area contributed by atoms with Gasteiger partial charge >= 0.3 is 17.9 Å². The smallest absolute Gasteiger partial charge is 0.326 e. The van der Waals surface area contributed by atoms with Gasteiger partial charge in [-0.2, -0.15) is 0 Å². The molecule has 0 rings (SSSR count). The molecule has 0 aromatic rings. The van der Waals surface area contributed by atoms with Gasteiger partial charge in [-0.25, -0.2) is 4.79 Å². The van der Waals surface area contributed by atoms with Gasteiger partial charge in [-0.05, 0) is 31.6 Å². The van der Waals surface area contributed by atoms with E-state index in [9.17, 15) is 43.8 Å². The first kappa shape index (κ1) is 37.2. The molecule has 0 saturated heterocycles. The predicted octanol–water partition coefficient (Wildman–Crippen LogP) is -1.85. The number of nitrogens with two attached hydrogens (primary N) is 1. The lowest BCUT2D eigenvalue weighted by Crippen LogP contribution is -2.61. The highest BCUT2D eigenvalue weighted by atomic mass is 16.4. The maximum Gasteiger partial charge on any atom is 0.326 e. The van der Waals surface area contributed by atoms with Crippen LogP contribution in [0.5, 0.6) is 0 Å². The Morgan fingerprint density at radius 2 is 1.07 bits per heavy atom. The van der Waals surface area contributed by atoms with Gasteiger partial charge in [0.25, 0.3) is 0 Å². The van der Waals surface area contributed by atoms with Crippen molar-refractivity contribution in [1.29, 1.82) is 0 Å². The maximum absolute atomic E-state index is 13.1. The molecule has 0 heterocycles. The van der Waals surface area contributed by atoms with Crippen LogP contribution in [0.3, 0.4) is 0 Å². The van der Waals surface area contributed by atoms with Crippen LogP contribution in [-0.2, 0) is 33.6 Å². The summed E-state index contributed by atoms with van der Waals surface area (Å²) < 4.78 is 0. The van der Waals surface area contributed by atoms with Crippen LogP contribution in [0.15, 0.2) is 0 Å². The van der Waals surface area contributed by atoms with Crippen molar-refractivity contribution in [3.63, 3.8) is 0 Å². The monoisotopic (exact) mass is 589 g/mol. The fourth-order valence-electron chi connectivity index (χ4n) is 3.50. The average molecular weight is 590 g/mol. The van der Waals surface area contributed by atoms with Gasteiger partial charge in [-0.3, -0.25) is 28.8 Å². The van der Waals surface area contributed by atoms with Gasteiger partial charge in [-0.15, -0.1) is 0 Å². The Bertz CT molecular complexity index is 956. The van der Waals surface area contributed by atoms with E-state index in [4.69, 9.17) is 15.9 Å². The predicted molar refractivity (Wildman–Crippen MR) is 143 cm³/mol. The summed E-state index contributed by atoms with van der Waals surface area (Å²) in [6.45, 7) is 7.79. The number of hydrogen-bond donors (Lipinski definition) is 9. The number of aliphatic hydroxyl groups excluding tert-OH is 1. The highest BCUT2D eigenvalue weighted by molar-refractivity contribution is 5.96. The van der Waals surface area contributed by atoms with E-state index >= 15 is 0 Å². The molecular weight excluding hydrogens is 546 g/mol. The molecule has 4 amide bonds. The van der Waals surface area contributed by atoms with Crippen LogP contribution in [0.4, 0.5) is 0 Å². The fourth-order valence-corrected chi connectivity index (χ4v) is 3.50. The van der Waals surface area contributed by atoms with Crippen LogP contribution in [-0.4, -0.2) is 98.3 Å². The summed E-state index contributed by atoms with van der Waals surface area (Å²) in [6.07, 6.45) is -3.18. The summed E-state index contributed by atoms with van der Waals surface area (Å²) in [5, 5.41) is 46.8. The van der Waals surface area contributed by atoms with Crippen molar-refractivity contribution in [3.05, 3.63) is 0 Å². The SMILES string of the molecule is CC[C@H](C)[C@H](NC(=O)[C@H](CCC(=O)O)NC(=O)[C@H](CCC(=O)O)NC(=O)[C@@H](NC(=O)[C@@H](N)C(C)C)[C@@H](C)O)C(=O)O. The minimum atomic E-state index is -1.60. The van der Waals surface area contributed by atoms with Crippen molar-refractivity contribution in [1.82, 2.24) is 21.3 Å². The summed E-state index contributed by atoms with van der Waals surface area (Å²) in [5.74, 6) is -8.66. The molecule has 234 valence electrons. The third kappa shape index (κ3) is 13.4. The molecular formula is C25H43N5O11. The molecule has 16 nitrogen and oxygen atoms in total. The molecule has 0 bridgehead atoms. The summed E-state index contributed by atoms with van der Waals surface area (Å²) in [7, 11) is 0. The number of rotatable bonds is 19. The van der Waals surface area contributed by atoms with E-state index in [1.54, 1.807) is 27.7 Å². The molecule has 41 heavy (non-hydrogen) atoms. The largest absolute Gasteiger partial charge is 0.481 e. The summed E-state index contributed by atoms with van der Waals surface area (Å²) in [5.41, 5.74) is 5.78. The van der Waals surface area contributed by atoms with E-state index in [1.807, 2.05) is 0 Å². The molecule has 16 heteroatoms. The molecule has 0 aliphatic heterocycles. The topological polar surface area (TPSA) is 275 Å². The molecule has 0 radical (unpaired) electrons. The first-order valence-corrected chi connectivity index (χ1v) is 13.2. The molecule has 0 saturated carbocycles. The van der Waals surface area contributed by atoms with Gasteiger partial charge in [0.05, 0.1) is 12.1 Å². The number of carbonyl (C=O) groups is 7. The lowest BCUT2D eigenvalue weighted by Gasteiger charge is -2.28. The van der Waals surface area contributed by atoms with Gasteiger partial charge < -0.3 is 47.4 Å². The van der Waals surface area contributed by atoms with Gasteiger partial charge in [0.2, 0.25) is 23.6 Å². The zero-order chi connectivity index (χ0) is 32.0. The van der Waals surface area contributed by atoms with E-state index in [1.165, 1.54) is 6.92 Å². The second-order valence-corrected chi connectivity index (χ2v) is 10.2. The zero-order valence-corrected chi connectivity index (χ0v) is 23.9. The number of nitrogens with one attached hydrogen (secondary N) is 4. The van der Waals surface area contributed by atoms with Crippen LogP contribution >= 0.6 is 0 Å². The van der Waals surface area contributed by atoms with Crippen molar-refractivity contribution in [2.24, 2.45) is 17.6 Å². The third-order valence-electron chi connectivity index (χ3n) is 6.42. The third-order valence-corrected chi connectivity index (χ3v) is 6.42. The number of aliphatic carboxylic acids is 3. The number of carboxylic acid groups (broad SMARTS) is 3. The van der Waals surface area contributed by atoms with E-state index in [-0.39, 0.29) is 5.92 Å². The first-order chi connectivity index (χ1) is 18.9. The van der Waals surface area contributed by atoms with Crippen molar-refractivity contribution < 1.29 is 54.0 Å².